The molecule has 2 aromatic rings. The molecule has 0 bridgehead atoms. The van der Waals surface area contributed by atoms with Gasteiger partial charge in [0.05, 0.1) is 12.5 Å². The third-order valence-corrected chi connectivity index (χ3v) is 3.30. The van der Waals surface area contributed by atoms with Crippen molar-refractivity contribution in [3.8, 4) is 0 Å². The lowest BCUT2D eigenvalue weighted by Gasteiger charge is -2.07. The van der Waals surface area contributed by atoms with Crippen molar-refractivity contribution in [1.29, 1.82) is 0 Å². The summed E-state index contributed by atoms with van der Waals surface area (Å²) in [6.07, 6.45) is 8.41. The minimum Gasteiger partial charge on any atom is -0.471 e. The number of unbranched alkanes of at least 4 members (excludes halogenated alkanes) is 2. The van der Waals surface area contributed by atoms with Gasteiger partial charge in [-0.3, -0.25) is 0 Å². The zero-order chi connectivity index (χ0) is 13.5. The largest absolute Gasteiger partial charge is 0.471 e. The lowest BCUT2D eigenvalue weighted by molar-refractivity contribution is 0.106. The molecule has 0 radical (unpaired) electrons. The number of benzene rings is 1. The third-order valence-electron chi connectivity index (χ3n) is 3.30. The second-order valence-electron chi connectivity index (χ2n) is 5.57. The maximum Gasteiger partial charge on any atom is 0.0984 e. The summed E-state index contributed by atoms with van der Waals surface area (Å²) < 4.78 is 10.9. The average molecular weight is 260 g/mol. The van der Waals surface area contributed by atoms with E-state index in [1.807, 2.05) is 12.5 Å². The molecule has 0 aliphatic carbocycles. The summed E-state index contributed by atoms with van der Waals surface area (Å²) in [5, 5.41) is 2.47. The third kappa shape index (κ3) is 4.39. The van der Waals surface area contributed by atoms with E-state index in [4.69, 9.17) is 9.15 Å². The van der Waals surface area contributed by atoms with Crippen LogP contribution in [0.5, 0.6) is 0 Å². The fourth-order valence-electron chi connectivity index (χ4n) is 2.29. The number of hydrogen-bond donors (Lipinski definition) is 0. The summed E-state index contributed by atoms with van der Waals surface area (Å²) in [4.78, 5) is 0. The zero-order valence-electron chi connectivity index (χ0n) is 12.0. The summed E-state index contributed by atoms with van der Waals surface area (Å²) in [5.74, 6) is 0.638. The first-order chi connectivity index (χ1) is 9.27. The van der Waals surface area contributed by atoms with Gasteiger partial charge in [0.25, 0.3) is 0 Å². The Hall–Kier alpha value is -1.28. The smallest absolute Gasteiger partial charge is 0.0984 e. The van der Waals surface area contributed by atoms with Crippen LogP contribution in [0, 0.1) is 5.92 Å². The molecular weight excluding hydrogens is 236 g/mol. The van der Waals surface area contributed by atoms with Gasteiger partial charge in [-0.25, -0.2) is 0 Å². The molecule has 0 fully saturated rings. The van der Waals surface area contributed by atoms with Crippen molar-refractivity contribution in [3.05, 3.63) is 36.3 Å². The maximum absolute atomic E-state index is 5.59. The molecule has 0 aliphatic heterocycles. The lowest BCUT2D eigenvalue weighted by Crippen LogP contribution is -2.03. The van der Waals surface area contributed by atoms with Crippen LogP contribution < -0.4 is 0 Å². The van der Waals surface area contributed by atoms with Crippen LogP contribution in [-0.4, -0.2) is 13.2 Å². The summed E-state index contributed by atoms with van der Waals surface area (Å²) in [6.45, 7) is 6.15. The van der Waals surface area contributed by atoms with Gasteiger partial charge in [-0.1, -0.05) is 38.5 Å². The predicted octanol–water partition coefficient (Wildman–Crippen LogP) is 4.82. The minimum atomic E-state index is 0.638. The molecule has 1 heterocycles. The first kappa shape index (κ1) is 14.1. The van der Waals surface area contributed by atoms with Crippen molar-refractivity contribution in [1.82, 2.24) is 0 Å². The molecule has 1 aromatic heterocycles. The van der Waals surface area contributed by atoms with E-state index in [0.29, 0.717) is 5.92 Å². The predicted molar refractivity (Wildman–Crippen MR) is 79.4 cm³/mol. The second kappa shape index (κ2) is 7.34. The normalized spacial score (nSPS) is 11.5. The molecule has 0 amide bonds. The quantitative estimate of drug-likeness (QED) is 0.635. The molecule has 0 spiro atoms. The van der Waals surface area contributed by atoms with Crippen LogP contribution in [0.15, 0.2) is 35.1 Å². The summed E-state index contributed by atoms with van der Waals surface area (Å²) in [6, 6.07) is 6.41. The van der Waals surface area contributed by atoms with Crippen LogP contribution in [0.25, 0.3) is 10.8 Å². The summed E-state index contributed by atoms with van der Waals surface area (Å²) in [7, 11) is 0. The monoisotopic (exact) mass is 260 g/mol. The van der Waals surface area contributed by atoms with Crippen LogP contribution in [0.3, 0.4) is 0 Å². The Labute approximate surface area is 115 Å². The number of furan rings is 1. The fourth-order valence-corrected chi connectivity index (χ4v) is 2.29. The molecule has 2 rings (SSSR count). The van der Waals surface area contributed by atoms with Crippen molar-refractivity contribution in [2.45, 2.75) is 39.5 Å². The Morgan fingerprint density at radius 1 is 1.11 bits per heavy atom. The first-order valence-electron chi connectivity index (χ1n) is 7.29. The van der Waals surface area contributed by atoms with E-state index in [1.165, 1.54) is 29.2 Å². The van der Waals surface area contributed by atoms with Crippen molar-refractivity contribution < 1.29 is 9.15 Å². The Morgan fingerprint density at radius 2 is 2.00 bits per heavy atom. The van der Waals surface area contributed by atoms with Crippen LogP contribution in [0.4, 0.5) is 0 Å². The Bertz CT molecular complexity index is 485. The van der Waals surface area contributed by atoms with Gasteiger partial charge in [0, 0.05) is 24.0 Å². The van der Waals surface area contributed by atoms with E-state index in [2.05, 4.69) is 32.0 Å². The highest BCUT2D eigenvalue weighted by Crippen LogP contribution is 2.21. The van der Waals surface area contributed by atoms with Gasteiger partial charge in [-0.05, 0) is 30.7 Å². The van der Waals surface area contributed by atoms with Crippen molar-refractivity contribution >= 4 is 10.8 Å². The standard InChI is InChI=1S/C17H24O2/c1-14(2)11-18-10-5-3-4-7-15-8-6-9-16-12-19-13-17(15)16/h6,8-9,12-14H,3-5,7,10-11H2,1-2H3. The molecule has 19 heavy (non-hydrogen) atoms. The minimum absolute atomic E-state index is 0.638. The van der Waals surface area contributed by atoms with E-state index >= 15 is 0 Å². The molecular formula is C17H24O2. The van der Waals surface area contributed by atoms with E-state index in [9.17, 15) is 0 Å². The van der Waals surface area contributed by atoms with Crippen LogP contribution >= 0.6 is 0 Å². The highest BCUT2D eigenvalue weighted by molar-refractivity contribution is 5.84. The lowest BCUT2D eigenvalue weighted by atomic mass is 10.0. The fraction of sp³-hybridized carbons (Fsp3) is 0.529. The highest BCUT2D eigenvalue weighted by Gasteiger charge is 2.02. The average Bonchev–Trinajstić information content (AvgIpc) is 2.86. The van der Waals surface area contributed by atoms with E-state index in [0.717, 1.165) is 26.1 Å². The van der Waals surface area contributed by atoms with Gasteiger partial charge in [-0.2, -0.15) is 0 Å². The second-order valence-corrected chi connectivity index (χ2v) is 5.57. The highest BCUT2D eigenvalue weighted by atomic mass is 16.5. The van der Waals surface area contributed by atoms with E-state index in [-0.39, 0.29) is 0 Å². The van der Waals surface area contributed by atoms with Crippen molar-refractivity contribution in [2.75, 3.05) is 13.2 Å². The van der Waals surface area contributed by atoms with Crippen LogP contribution in [0.2, 0.25) is 0 Å². The van der Waals surface area contributed by atoms with E-state index in [1.54, 1.807) is 0 Å². The molecule has 0 atom stereocenters. The van der Waals surface area contributed by atoms with Crippen LogP contribution in [-0.2, 0) is 11.2 Å². The number of ether oxygens (including phenoxy) is 1. The zero-order valence-corrected chi connectivity index (χ0v) is 12.0. The number of hydrogen-bond acceptors (Lipinski definition) is 2. The van der Waals surface area contributed by atoms with Gasteiger partial charge in [0.2, 0.25) is 0 Å². The van der Waals surface area contributed by atoms with Gasteiger partial charge >= 0.3 is 0 Å². The van der Waals surface area contributed by atoms with Gasteiger partial charge < -0.3 is 9.15 Å². The number of rotatable bonds is 8. The van der Waals surface area contributed by atoms with E-state index < -0.39 is 0 Å². The SMILES string of the molecule is CC(C)COCCCCCc1cccc2cocc12. The molecule has 0 aliphatic rings. The Balaban J connectivity index is 1.67. The Kier molecular flexibility index (Phi) is 5.46. The molecule has 2 heteroatoms. The molecule has 104 valence electrons. The van der Waals surface area contributed by atoms with Gasteiger partial charge in [0.15, 0.2) is 0 Å². The molecule has 0 unspecified atom stereocenters. The molecule has 0 saturated heterocycles. The molecule has 2 nitrogen and oxygen atoms in total. The number of fused-ring (bicyclic) bond motifs is 1. The molecule has 0 N–H and O–H groups in total. The topological polar surface area (TPSA) is 22.4 Å². The maximum atomic E-state index is 5.59. The molecule has 0 saturated carbocycles. The van der Waals surface area contributed by atoms with Crippen molar-refractivity contribution in [2.24, 2.45) is 5.92 Å². The summed E-state index contributed by atoms with van der Waals surface area (Å²) >= 11 is 0. The van der Waals surface area contributed by atoms with Gasteiger partial charge in [-0.15, -0.1) is 0 Å². The first-order valence-corrected chi connectivity index (χ1v) is 7.29. The van der Waals surface area contributed by atoms with Crippen LogP contribution in [0.1, 0.15) is 38.7 Å². The number of aryl methyl sites for hydroxylation is 1. The van der Waals surface area contributed by atoms with Gasteiger partial charge in [0.1, 0.15) is 0 Å². The summed E-state index contributed by atoms with van der Waals surface area (Å²) in [5.41, 5.74) is 1.40. The Morgan fingerprint density at radius 3 is 2.84 bits per heavy atom. The van der Waals surface area contributed by atoms with Crippen molar-refractivity contribution in [3.63, 3.8) is 0 Å². The molecule has 1 aromatic carbocycles.